The van der Waals surface area contributed by atoms with E-state index in [1.54, 1.807) is 0 Å². The topological polar surface area (TPSA) is 137 Å². The summed E-state index contributed by atoms with van der Waals surface area (Å²) in [4.78, 5) is 64.7. The summed E-state index contributed by atoms with van der Waals surface area (Å²) < 4.78 is 18.4. The average molecular weight is 830 g/mol. The summed E-state index contributed by atoms with van der Waals surface area (Å²) in [6, 6.07) is 0. The number of likely N-dealkylation sites (N-methyl/N-ethyl adjacent to an activating group) is 1. The first kappa shape index (κ1) is 41.1. The van der Waals surface area contributed by atoms with Crippen LogP contribution in [0.5, 0.6) is 0 Å². The van der Waals surface area contributed by atoms with Crippen LogP contribution in [0.2, 0.25) is 0 Å². The van der Waals surface area contributed by atoms with Crippen molar-refractivity contribution in [1.29, 1.82) is 0 Å². The molecule has 0 atom stereocenters. The summed E-state index contributed by atoms with van der Waals surface area (Å²) in [6.45, 7) is 9.50. The van der Waals surface area contributed by atoms with E-state index < -0.39 is 11.9 Å². The van der Waals surface area contributed by atoms with Crippen molar-refractivity contribution in [3.8, 4) is 0 Å². The predicted octanol–water partition coefficient (Wildman–Crippen LogP) is 2.57. The summed E-state index contributed by atoms with van der Waals surface area (Å²) in [5, 5.41) is 0. The lowest BCUT2D eigenvalue weighted by atomic mass is 10.2. The number of carbonyl (C=O) groups excluding carboxylic acids is 4. The van der Waals surface area contributed by atoms with Crippen LogP contribution in [-0.2, 0) is 44.9 Å². The Hall–Kier alpha value is -0.900. The first-order valence-electron chi connectivity index (χ1n) is 14.1. The number of rotatable bonds is 27. The van der Waals surface area contributed by atoms with E-state index in [1.165, 1.54) is 60.2 Å². The Morgan fingerprint density at radius 3 is 1.24 bits per heavy atom. The Labute approximate surface area is 278 Å². The van der Waals surface area contributed by atoms with Crippen LogP contribution in [0, 0.1) is 0 Å². The molecule has 0 aromatic carbocycles. The van der Waals surface area contributed by atoms with Gasteiger partial charge in [0, 0.05) is 65.4 Å². The van der Waals surface area contributed by atoms with Gasteiger partial charge in [-0.2, -0.15) is 0 Å². The molecule has 0 aliphatic carbocycles. The van der Waals surface area contributed by atoms with Crippen molar-refractivity contribution in [2.45, 2.75) is 51.9 Å². The number of esters is 2. The lowest BCUT2D eigenvalue weighted by Crippen LogP contribution is -2.42. The molecule has 0 radical (unpaired) electrons. The van der Waals surface area contributed by atoms with Crippen molar-refractivity contribution < 1.29 is 44.9 Å². The molecule has 0 heterocycles. The monoisotopic (exact) mass is 830 g/mol. The van der Waals surface area contributed by atoms with Crippen LogP contribution in [0.3, 0.4) is 0 Å². The second kappa shape index (κ2) is 27.6. The lowest BCUT2D eigenvalue weighted by molar-refractivity contribution is -0.196. The highest BCUT2D eigenvalue weighted by Crippen LogP contribution is 2.04. The van der Waals surface area contributed by atoms with Gasteiger partial charge in [-0.15, -0.1) is 6.43 Å². The van der Waals surface area contributed by atoms with Gasteiger partial charge in [0.2, 0.25) is 0 Å². The minimum atomic E-state index is -0.490. The van der Waals surface area contributed by atoms with Crippen LogP contribution in [-0.4, -0.2) is 137 Å². The Balaban J connectivity index is 5.01. The highest BCUT2D eigenvalue weighted by molar-refractivity contribution is 14.1. The second-order valence-corrected chi connectivity index (χ2v) is 10.4. The molecule has 14 nitrogen and oxygen atoms in total. The fourth-order valence-corrected chi connectivity index (χ4v) is 4.37. The Morgan fingerprint density at radius 2 is 0.881 bits per heavy atom. The fraction of sp³-hybridized carbons (Fsp3) is 0.846. The van der Waals surface area contributed by atoms with Crippen LogP contribution >= 0.6 is 46.0 Å². The molecule has 0 saturated carbocycles. The highest BCUT2D eigenvalue weighted by atomic mass is 127. The molecule has 0 aliphatic heterocycles. The van der Waals surface area contributed by atoms with Crippen LogP contribution in [0.4, 0.5) is 0 Å². The number of nitrogens with zero attached hydrogens (tertiary/aromatic N) is 4. The molecule has 0 aliphatic rings. The molecule has 0 fully saturated rings. The molecular weight excluding hydrogens is 782 g/mol. The maximum absolute atomic E-state index is 11.7. The third-order valence-electron chi connectivity index (χ3n) is 6.64. The van der Waals surface area contributed by atoms with E-state index in [0.29, 0.717) is 39.3 Å². The second-order valence-electron chi connectivity index (χ2n) is 9.72. The van der Waals surface area contributed by atoms with Gasteiger partial charge in [-0.3, -0.25) is 19.4 Å². The minimum absolute atomic E-state index is 0.123. The van der Waals surface area contributed by atoms with Gasteiger partial charge in [0.15, 0.2) is 46.0 Å². The molecule has 0 spiro atoms. The van der Waals surface area contributed by atoms with Gasteiger partial charge in [0.1, 0.15) is 0 Å². The Kier molecular flexibility index (Phi) is 27.0. The molecule has 0 N–H and O–H groups in total. The van der Waals surface area contributed by atoms with Gasteiger partial charge < -0.3 is 29.1 Å². The molecule has 0 amide bonds. The molecular formula is C26H48I2N4O10. The average Bonchev–Trinajstić information content (AvgIpc) is 2.98. The standard InChI is InChI=1S/C26H48I2N4O10/c1-5-6-7-12-30(21-22-32(13-8-23(33)37-3)14-9-24(34)38-4)19-17-29(2)18-20-31(15-10-25(35)39-41-27)16-11-26(36)40-42-28/h5-22H2,1-4H3. The van der Waals surface area contributed by atoms with E-state index in [9.17, 15) is 19.2 Å². The predicted molar refractivity (Wildman–Crippen MR) is 171 cm³/mol. The molecule has 0 saturated heterocycles. The number of methoxy groups -OCH3 is 2. The van der Waals surface area contributed by atoms with E-state index in [2.05, 4.69) is 37.8 Å². The molecule has 0 aromatic heterocycles. The van der Waals surface area contributed by atoms with Gasteiger partial charge in [0.05, 0.1) is 39.9 Å². The summed E-state index contributed by atoms with van der Waals surface area (Å²) in [5.41, 5.74) is 0. The SMILES string of the molecule is CCCCCN(CCN(C)CCN(CCC(=O)OOI)CCC(=O)OOI)CCN(CCC(=O)OC)CCC(=O)OC. The van der Waals surface area contributed by atoms with Crippen molar-refractivity contribution in [3.05, 3.63) is 0 Å². The third kappa shape index (κ3) is 23.5. The van der Waals surface area contributed by atoms with Gasteiger partial charge in [-0.1, -0.05) is 19.8 Å². The number of hydrogen-bond donors (Lipinski definition) is 0. The van der Waals surface area contributed by atoms with Gasteiger partial charge in [-0.05, 0) is 20.0 Å². The minimum Gasteiger partial charge on any atom is -0.469 e. The Morgan fingerprint density at radius 1 is 0.524 bits per heavy atom. The van der Waals surface area contributed by atoms with Crippen LogP contribution in [0.1, 0.15) is 51.9 Å². The smallest absolute Gasteiger partial charge is 0.344 e. The fourth-order valence-electron chi connectivity index (χ4n) is 3.97. The molecule has 0 unspecified atom stereocenters. The first-order valence-corrected chi connectivity index (χ1v) is 15.9. The largest absolute Gasteiger partial charge is 0.469 e. The summed E-state index contributed by atoms with van der Waals surface area (Å²) in [5.74, 6) is -1.54. The van der Waals surface area contributed by atoms with E-state index in [-0.39, 0.29) is 37.6 Å². The molecule has 42 heavy (non-hydrogen) atoms. The summed E-state index contributed by atoms with van der Waals surface area (Å²) in [6.07, 6.45) is 4.13. The Bertz CT molecular complexity index is 712. The van der Waals surface area contributed by atoms with Crippen molar-refractivity contribution in [2.24, 2.45) is 0 Å². The number of ether oxygens (including phenoxy) is 2. The zero-order valence-corrected chi connectivity index (χ0v) is 29.7. The maximum Gasteiger partial charge on any atom is 0.344 e. The van der Waals surface area contributed by atoms with E-state index in [4.69, 9.17) is 9.47 Å². The van der Waals surface area contributed by atoms with Gasteiger partial charge in [-0.25, -0.2) is 9.59 Å². The van der Waals surface area contributed by atoms with Gasteiger partial charge >= 0.3 is 23.9 Å². The van der Waals surface area contributed by atoms with E-state index in [1.807, 2.05) is 11.9 Å². The molecule has 0 bridgehead atoms. The van der Waals surface area contributed by atoms with E-state index >= 15 is 0 Å². The van der Waals surface area contributed by atoms with Crippen LogP contribution in [0.25, 0.3) is 0 Å². The summed E-state index contributed by atoms with van der Waals surface area (Å²) >= 11 is 2.97. The molecule has 246 valence electrons. The van der Waals surface area contributed by atoms with Crippen LogP contribution < -0.4 is 0 Å². The van der Waals surface area contributed by atoms with Crippen molar-refractivity contribution in [3.63, 3.8) is 0 Å². The number of halogens is 2. The third-order valence-corrected chi connectivity index (χ3v) is 7.00. The quantitative estimate of drug-likeness (QED) is 0.0395. The first-order chi connectivity index (χ1) is 20.2. The number of hydrogen-bond acceptors (Lipinski definition) is 14. The molecule has 0 aromatic rings. The van der Waals surface area contributed by atoms with E-state index in [0.717, 1.165) is 52.0 Å². The number of carbonyl (C=O) groups is 4. The molecule has 16 heteroatoms. The highest BCUT2D eigenvalue weighted by Gasteiger charge is 2.16. The van der Waals surface area contributed by atoms with Crippen molar-refractivity contribution in [1.82, 2.24) is 19.6 Å². The summed E-state index contributed by atoms with van der Waals surface area (Å²) in [7, 11) is 4.78. The zero-order valence-electron chi connectivity index (χ0n) is 25.4. The zero-order chi connectivity index (χ0) is 31.6. The van der Waals surface area contributed by atoms with Crippen molar-refractivity contribution in [2.75, 3.05) is 93.3 Å². The lowest BCUT2D eigenvalue weighted by Gasteiger charge is -2.30. The normalized spacial score (nSPS) is 11.4. The van der Waals surface area contributed by atoms with Crippen LogP contribution in [0.15, 0.2) is 0 Å². The molecule has 0 rings (SSSR count). The van der Waals surface area contributed by atoms with Crippen molar-refractivity contribution >= 4 is 69.9 Å². The number of unbranched alkanes of at least 4 members (excludes halogenated alkanes) is 2. The maximum atomic E-state index is 11.7. The van der Waals surface area contributed by atoms with Gasteiger partial charge in [0.25, 0.3) is 0 Å².